The van der Waals surface area contributed by atoms with E-state index in [1.807, 2.05) is 97.1 Å². The molecule has 4 aliphatic rings. The van der Waals surface area contributed by atoms with Crippen LogP contribution in [-0.4, -0.2) is 240 Å². The van der Waals surface area contributed by atoms with E-state index in [1.54, 1.807) is 120 Å². The van der Waals surface area contributed by atoms with Crippen LogP contribution in [0, 0.1) is 23.3 Å². The molecule has 38 nitrogen and oxygen atoms in total. The number of urea groups is 2. The van der Waals surface area contributed by atoms with Crippen LogP contribution in [-0.2, 0) is 0 Å². The normalized spacial score (nSPS) is 13.5. The van der Waals surface area contributed by atoms with E-state index < -0.39 is 52.3 Å². The Balaban J connectivity index is 0.000000142. The molecule has 4 fully saturated rings. The molecular weight excluding hydrogens is 1870 g/mol. The number of hydrogen-bond acceptors (Lipinski definition) is 25. The highest BCUT2D eigenvalue weighted by molar-refractivity contribution is 6.62. The number of carbonyl (C=O) groups excluding carboxylic acids is 7. The average Bonchev–Trinajstić information content (AvgIpc) is 1.63. The van der Waals surface area contributed by atoms with Gasteiger partial charge in [0, 0.05) is 211 Å². The molecule has 20 rings (SSSR count). The third kappa shape index (κ3) is 22.4. The van der Waals surface area contributed by atoms with Crippen molar-refractivity contribution in [2.24, 2.45) is 28.7 Å². The van der Waals surface area contributed by atoms with Crippen LogP contribution in [0.25, 0.3) is 66.9 Å². The highest BCUT2D eigenvalue weighted by Gasteiger charge is 2.29. The Morgan fingerprint density at radius 1 is 0.324 bits per heavy atom. The van der Waals surface area contributed by atoms with Crippen LogP contribution in [0.5, 0.6) is 0 Å². The lowest BCUT2D eigenvalue weighted by Gasteiger charge is -2.36. The van der Waals surface area contributed by atoms with Gasteiger partial charge < -0.3 is 100 Å². The SMILES string of the molecule is CN.CNC(=O)N1CCN(c2cccc(Nc3ncc(F)c(-n4cc(C(N)=O)c5ccccc54)n3)c2)CC1.CNC(=O)N1CCN(c2cccc(Nc3ncc(F)c(-n4cc(C(N)=O)c5ccccc54)n3)c2)CC1.Cl.NC(=O)c1cn(-c2nc(Nc3cccc(N4CCN(C(=O)Cl)CC4)c3)ncc2F)c2ccccc12.NC(=O)c1cn(-c2nc(Nc3cccc(N4CCNCC4)c3)ncc2F)c2ccccc12. The highest BCUT2D eigenvalue weighted by atomic mass is 35.5. The summed E-state index contributed by atoms with van der Waals surface area (Å²) >= 11 is 5.58. The monoisotopic (exact) mass is 1970 g/mol. The van der Waals surface area contributed by atoms with Crippen LogP contribution < -0.4 is 85.5 Å². The van der Waals surface area contributed by atoms with Gasteiger partial charge in [0.15, 0.2) is 46.5 Å². The van der Waals surface area contributed by atoms with Crippen molar-refractivity contribution in [3.05, 3.63) is 289 Å². The number of aromatic nitrogens is 12. The third-order valence-corrected chi connectivity index (χ3v) is 24.0. The standard InChI is InChI=1S/2C25H25FN8O2.C24H21ClFN7O2.C23H22FN7O.CH5N.ClH/c2*1-28-25(36)33-11-9-32(10-12-33)17-6-4-5-16(13-17)30-24-29-14-20(26)23(31-24)34-15-19(22(27)35)18-7-2-3-8-21(18)34;25-23(35)32-10-8-31(9-11-32)16-5-3-4-15(12-16)29-24-28-13-19(26)22(30-24)33-14-18(21(27)34)17-6-1-2-7-20(17)33;24-19-13-27-23(28-15-4-3-5-16(12-15)30-10-8-26-9-11-30)29-22(19)31-14-18(21(25)32)17-6-1-2-7-20(17)31;1-2;/h2*2-8,13-15H,9-12H2,1H3,(H2,27,35)(H,28,36)(H,29,30,31);1-7,12-14H,8-11H2,(H2,27,34)(H,28,29,30);1-7,12-14,26H,8-11H2,(H2,25,32)(H,27,28,29);2H2,1H3;1H. The maximum Gasteiger partial charge on any atom is 0.317 e. The van der Waals surface area contributed by atoms with Crippen molar-refractivity contribution in [1.29, 1.82) is 0 Å². The second-order valence-electron chi connectivity index (χ2n) is 32.4. The lowest BCUT2D eigenvalue weighted by atomic mass is 10.2. The summed E-state index contributed by atoms with van der Waals surface area (Å²) in [5.74, 6) is -4.09. The van der Waals surface area contributed by atoms with Gasteiger partial charge in [-0.2, -0.15) is 19.9 Å². The number of rotatable bonds is 20. The molecule has 0 saturated carbocycles. The van der Waals surface area contributed by atoms with Crippen molar-refractivity contribution < 1.29 is 51.1 Å². The minimum atomic E-state index is -0.646. The van der Waals surface area contributed by atoms with Gasteiger partial charge in [-0.3, -0.25) is 42.2 Å². The second kappa shape index (κ2) is 44.9. The van der Waals surface area contributed by atoms with Gasteiger partial charge in [-0.25, -0.2) is 47.1 Å². The number of anilines is 12. The van der Waals surface area contributed by atoms with Crippen LogP contribution in [0.4, 0.5) is 101 Å². The molecule has 8 aromatic heterocycles. The Hall–Kier alpha value is -17.3. The fourth-order valence-electron chi connectivity index (χ4n) is 16.9. The molecule has 142 heavy (non-hydrogen) atoms. The topological polar surface area (TPSA) is 479 Å². The van der Waals surface area contributed by atoms with E-state index >= 15 is 0 Å². The number of para-hydroxylation sites is 4. The number of primary amides is 4. The summed E-state index contributed by atoms with van der Waals surface area (Å²) in [5.41, 5.74) is 37.2. The van der Waals surface area contributed by atoms with Crippen molar-refractivity contribution in [2.75, 3.05) is 167 Å². The van der Waals surface area contributed by atoms with Crippen LogP contribution in [0.3, 0.4) is 0 Å². The quantitative estimate of drug-likeness (QED) is 0.0191. The van der Waals surface area contributed by atoms with E-state index in [0.717, 1.165) is 90.8 Å². The largest absolute Gasteiger partial charge is 0.369 e. The zero-order valence-corrected chi connectivity index (χ0v) is 78.5. The first-order valence-corrected chi connectivity index (χ1v) is 45.1. The average molecular weight is 1970 g/mol. The smallest absolute Gasteiger partial charge is 0.317 e. The van der Waals surface area contributed by atoms with Crippen LogP contribution >= 0.6 is 24.0 Å². The van der Waals surface area contributed by atoms with Gasteiger partial charge >= 0.3 is 17.4 Å². The van der Waals surface area contributed by atoms with Crippen molar-refractivity contribution in [2.45, 2.75) is 0 Å². The Bertz CT molecular complexity index is 7120. The predicted molar refractivity (Wildman–Crippen MR) is 542 cm³/mol. The van der Waals surface area contributed by atoms with Crippen LogP contribution in [0.1, 0.15) is 41.4 Å². The van der Waals surface area contributed by atoms with E-state index in [-0.39, 0.29) is 88.2 Å². The summed E-state index contributed by atoms with van der Waals surface area (Å²) in [6, 6.07) is 59.3. The number of hydrogen-bond donors (Lipinski definition) is 12. The molecule has 17 N–H and O–H groups in total. The number of piperazine rings is 4. The lowest BCUT2D eigenvalue weighted by Crippen LogP contribution is -2.51. The predicted octanol–water partition coefficient (Wildman–Crippen LogP) is 12.4. The maximum absolute atomic E-state index is 14.8. The molecule has 0 unspecified atom stereocenters. The number of amides is 9. The van der Waals surface area contributed by atoms with Gasteiger partial charge in [-0.15, -0.1) is 12.4 Å². The van der Waals surface area contributed by atoms with E-state index in [4.69, 9.17) is 34.5 Å². The minimum absolute atomic E-state index is 0. The lowest BCUT2D eigenvalue weighted by molar-refractivity contribution is 0.0993. The number of benzene rings is 8. The van der Waals surface area contributed by atoms with E-state index in [0.29, 0.717) is 133 Å². The first-order chi connectivity index (χ1) is 68.4. The zero-order chi connectivity index (χ0) is 99.1. The van der Waals surface area contributed by atoms with Gasteiger partial charge in [0.2, 0.25) is 23.8 Å². The molecule has 8 aromatic carbocycles. The molecule has 0 radical (unpaired) electrons. The zero-order valence-electron chi connectivity index (χ0n) is 76.9. The number of halogens is 6. The maximum atomic E-state index is 14.8. The van der Waals surface area contributed by atoms with Gasteiger partial charge in [0.1, 0.15) is 0 Å². The van der Waals surface area contributed by atoms with Crippen molar-refractivity contribution in [3.8, 4) is 23.3 Å². The van der Waals surface area contributed by atoms with Crippen molar-refractivity contribution >= 4 is 178 Å². The second-order valence-corrected chi connectivity index (χ2v) is 32.7. The number of nitrogens with zero attached hydrogens (tertiary/aromatic N) is 19. The molecule has 730 valence electrons. The number of nitrogens with one attached hydrogen (secondary N) is 7. The third-order valence-electron chi connectivity index (χ3n) is 23.8. The fourth-order valence-corrected chi connectivity index (χ4v) is 17.1. The Kier molecular flexibility index (Phi) is 31.4. The first kappa shape index (κ1) is 99.2. The van der Waals surface area contributed by atoms with Crippen LogP contribution in [0.15, 0.2) is 244 Å². The molecule has 16 aromatic rings. The summed E-state index contributed by atoms with van der Waals surface area (Å²) in [6.07, 6.45) is 10.3. The van der Waals surface area contributed by atoms with Crippen molar-refractivity contribution in [1.82, 2.24) is 88.8 Å². The highest BCUT2D eigenvalue weighted by Crippen LogP contribution is 2.35. The van der Waals surface area contributed by atoms with Crippen molar-refractivity contribution in [3.63, 3.8) is 0 Å². The molecule has 12 heterocycles. The van der Waals surface area contributed by atoms with Gasteiger partial charge in [0.25, 0.3) is 23.6 Å². The van der Waals surface area contributed by atoms with E-state index in [9.17, 15) is 51.1 Å². The number of carbonyl (C=O) groups is 7. The summed E-state index contributed by atoms with van der Waals surface area (Å²) < 4.78 is 65.2. The molecular formula is C98H99Cl2F4N31O7. The molecule has 0 aliphatic carbocycles. The Morgan fingerprint density at radius 2 is 0.556 bits per heavy atom. The van der Waals surface area contributed by atoms with Gasteiger partial charge in [-0.05, 0) is 116 Å². The summed E-state index contributed by atoms with van der Waals surface area (Å²) in [4.78, 5) is 131. The first-order valence-electron chi connectivity index (χ1n) is 44.7. The minimum Gasteiger partial charge on any atom is -0.369 e. The fraction of sp³-hybridized carbons (Fsp3) is 0.194. The van der Waals surface area contributed by atoms with E-state index in [1.165, 1.54) is 50.1 Å². The number of fused-ring (bicyclic) bond motifs is 4. The van der Waals surface area contributed by atoms with Gasteiger partial charge in [-0.1, -0.05) is 97.1 Å². The van der Waals surface area contributed by atoms with Gasteiger partial charge in [0.05, 0.1) is 69.1 Å². The Labute approximate surface area is 821 Å². The molecule has 44 heteroatoms. The molecule has 0 spiro atoms. The molecule has 4 aliphatic heterocycles. The van der Waals surface area contributed by atoms with E-state index in [2.05, 4.69) is 108 Å². The van der Waals surface area contributed by atoms with Crippen LogP contribution in [0.2, 0.25) is 0 Å². The molecule has 0 bridgehead atoms. The molecule has 0 atom stereocenters. The summed E-state index contributed by atoms with van der Waals surface area (Å²) in [6.45, 7) is 11.5. The summed E-state index contributed by atoms with van der Waals surface area (Å²) in [5, 5.41) is 23.2. The Morgan fingerprint density at radius 3 is 0.789 bits per heavy atom. The summed E-state index contributed by atoms with van der Waals surface area (Å²) in [7, 11) is 4.75. The molecule has 9 amide bonds. The number of nitrogens with two attached hydrogens (primary N) is 5. The molecule has 4 saturated heterocycles.